The molecule has 0 saturated carbocycles. The van der Waals surface area contributed by atoms with Crippen LogP contribution < -0.4 is 11.2 Å². The maximum Gasteiger partial charge on any atom is 0.329 e. The minimum Gasteiger partial charge on any atom is -0.298 e. The fourth-order valence-electron chi connectivity index (χ4n) is 2.49. The fourth-order valence-corrected chi connectivity index (χ4v) is 3.58. The molecule has 0 aliphatic carbocycles. The summed E-state index contributed by atoms with van der Waals surface area (Å²) in [6.07, 6.45) is 3.44. The molecule has 2 aromatic heterocycles. The number of halogens is 1. The third-order valence-corrected chi connectivity index (χ3v) is 4.92. The van der Waals surface area contributed by atoms with Gasteiger partial charge in [0.05, 0.1) is 5.39 Å². The number of hydrogen-bond acceptors (Lipinski definition) is 3. The molecule has 0 unspecified atom stereocenters. The normalized spacial score (nSPS) is 11.6. The zero-order chi connectivity index (χ0) is 16.6. The van der Waals surface area contributed by atoms with Crippen LogP contribution in [-0.4, -0.2) is 9.55 Å². The predicted molar refractivity (Wildman–Crippen MR) is 92.4 cm³/mol. The molecule has 0 aliphatic rings. The van der Waals surface area contributed by atoms with Crippen molar-refractivity contribution in [3.05, 3.63) is 66.9 Å². The molecule has 1 N–H and O–H groups in total. The average molecular weight is 330 g/mol. The van der Waals surface area contributed by atoms with Crippen LogP contribution in [-0.2, 0) is 6.54 Å². The number of nitrogens with one attached hydrogen (secondary N) is 1. The van der Waals surface area contributed by atoms with Crippen LogP contribution in [0.3, 0.4) is 0 Å². The van der Waals surface area contributed by atoms with Crippen LogP contribution in [0.5, 0.6) is 0 Å². The minimum absolute atomic E-state index is 0.287. The zero-order valence-electron chi connectivity index (χ0n) is 12.7. The first-order valence-corrected chi connectivity index (χ1v) is 8.03. The quantitative estimate of drug-likeness (QED) is 0.800. The Hall–Kier alpha value is -2.47. The van der Waals surface area contributed by atoms with E-state index in [4.69, 9.17) is 0 Å². The lowest BCUT2D eigenvalue weighted by Crippen LogP contribution is -2.34. The first-order valence-electron chi connectivity index (χ1n) is 7.21. The topological polar surface area (TPSA) is 54.9 Å². The van der Waals surface area contributed by atoms with E-state index in [1.807, 2.05) is 6.92 Å². The highest BCUT2D eigenvalue weighted by atomic mass is 32.1. The molecule has 3 aromatic rings. The maximum atomic E-state index is 13.7. The third-order valence-electron chi connectivity index (χ3n) is 3.74. The van der Waals surface area contributed by atoms with Gasteiger partial charge in [0.25, 0.3) is 5.56 Å². The van der Waals surface area contributed by atoms with Gasteiger partial charge in [-0.25, -0.2) is 9.18 Å². The molecular weight excluding hydrogens is 315 g/mol. The van der Waals surface area contributed by atoms with Crippen molar-refractivity contribution in [2.75, 3.05) is 0 Å². The summed E-state index contributed by atoms with van der Waals surface area (Å²) in [5.41, 5.74) is 0.575. The van der Waals surface area contributed by atoms with Gasteiger partial charge in [0.2, 0.25) is 0 Å². The van der Waals surface area contributed by atoms with Crippen LogP contribution in [0.15, 0.2) is 33.9 Å². The zero-order valence-corrected chi connectivity index (χ0v) is 13.5. The fraction of sp³-hybridized carbons (Fsp3) is 0.176. The van der Waals surface area contributed by atoms with Gasteiger partial charge in [-0.3, -0.25) is 14.3 Å². The summed E-state index contributed by atoms with van der Waals surface area (Å²) in [7, 11) is 0. The molecule has 0 bridgehead atoms. The van der Waals surface area contributed by atoms with Gasteiger partial charge in [0.15, 0.2) is 0 Å². The highest BCUT2D eigenvalue weighted by Gasteiger charge is 2.14. The van der Waals surface area contributed by atoms with Crippen molar-refractivity contribution >= 4 is 33.7 Å². The number of thiophene rings is 1. The first-order chi connectivity index (χ1) is 11.0. The van der Waals surface area contributed by atoms with E-state index in [-0.39, 0.29) is 11.4 Å². The lowest BCUT2D eigenvalue weighted by atomic mass is 10.1. The number of aromatic amines is 1. The van der Waals surface area contributed by atoms with Crippen LogP contribution >= 0.6 is 11.3 Å². The number of aromatic nitrogens is 2. The van der Waals surface area contributed by atoms with Crippen LogP contribution in [0.2, 0.25) is 0 Å². The number of H-pyrrole nitrogens is 1. The number of rotatable bonds is 3. The molecule has 23 heavy (non-hydrogen) atoms. The third kappa shape index (κ3) is 2.66. The Bertz CT molecular complexity index is 1030. The average Bonchev–Trinajstić information content (AvgIpc) is 2.83. The Morgan fingerprint density at radius 3 is 2.70 bits per heavy atom. The number of nitrogens with zero attached hydrogens (tertiary/aromatic N) is 1. The van der Waals surface area contributed by atoms with Crippen LogP contribution in [0.1, 0.15) is 22.9 Å². The molecule has 0 aliphatic heterocycles. The van der Waals surface area contributed by atoms with E-state index >= 15 is 0 Å². The highest BCUT2D eigenvalue weighted by Crippen LogP contribution is 2.28. The number of benzene rings is 1. The molecule has 0 radical (unpaired) electrons. The standard InChI is InChI=1S/C17H15FN2O2S/c1-3-20-16(21)14-10(2)13(23-15(14)19-17(20)22)9-8-11-6-4-5-7-12(11)18/h4-9H,3H2,1-2H3,(H,19,22)/b9-8+. The van der Waals surface area contributed by atoms with Gasteiger partial charge in [-0.1, -0.05) is 24.3 Å². The van der Waals surface area contributed by atoms with Crippen LogP contribution in [0.4, 0.5) is 4.39 Å². The van der Waals surface area contributed by atoms with E-state index in [0.717, 1.165) is 10.4 Å². The van der Waals surface area contributed by atoms with Gasteiger partial charge < -0.3 is 0 Å². The molecule has 3 rings (SSSR count). The van der Waals surface area contributed by atoms with Gasteiger partial charge >= 0.3 is 5.69 Å². The Morgan fingerprint density at radius 1 is 1.26 bits per heavy atom. The van der Waals surface area contributed by atoms with Crippen LogP contribution in [0.25, 0.3) is 22.4 Å². The van der Waals surface area contributed by atoms with Gasteiger partial charge in [0.1, 0.15) is 10.6 Å². The Labute approximate surface area is 135 Å². The second-order valence-electron chi connectivity index (χ2n) is 5.13. The Kier molecular flexibility index (Phi) is 4.00. The molecule has 0 spiro atoms. The number of aryl methyl sites for hydroxylation is 1. The van der Waals surface area contributed by atoms with E-state index in [1.165, 1.54) is 22.0 Å². The molecule has 0 atom stereocenters. The molecule has 0 fully saturated rings. The van der Waals surface area contributed by atoms with Crippen molar-refractivity contribution in [2.24, 2.45) is 0 Å². The summed E-state index contributed by atoms with van der Waals surface area (Å²) in [6.45, 7) is 3.91. The summed E-state index contributed by atoms with van der Waals surface area (Å²) in [4.78, 5) is 28.4. The van der Waals surface area contributed by atoms with Crippen molar-refractivity contribution in [3.63, 3.8) is 0 Å². The SMILES string of the molecule is CCn1c(=O)[nH]c2sc(/C=C/c3ccccc3F)c(C)c2c1=O. The van der Waals surface area contributed by atoms with E-state index in [1.54, 1.807) is 37.3 Å². The van der Waals surface area contributed by atoms with E-state index in [9.17, 15) is 14.0 Å². The molecule has 4 nitrogen and oxygen atoms in total. The molecule has 0 saturated heterocycles. The maximum absolute atomic E-state index is 13.7. The summed E-state index contributed by atoms with van der Waals surface area (Å²) in [5, 5.41) is 0.518. The second kappa shape index (κ2) is 5.96. The predicted octanol–water partition coefficient (Wildman–Crippen LogP) is 3.39. The molecule has 0 amide bonds. The van der Waals surface area contributed by atoms with E-state index in [0.29, 0.717) is 22.3 Å². The van der Waals surface area contributed by atoms with Crippen LogP contribution in [0, 0.1) is 12.7 Å². The summed E-state index contributed by atoms with van der Waals surface area (Å²) in [6, 6.07) is 6.47. The van der Waals surface area contributed by atoms with E-state index < -0.39 is 5.69 Å². The molecule has 6 heteroatoms. The Balaban J connectivity index is 2.15. The van der Waals surface area contributed by atoms with Gasteiger partial charge in [-0.05, 0) is 31.6 Å². The summed E-state index contributed by atoms with van der Waals surface area (Å²) < 4.78 is 14.8. The second-order valence-corrected chi connectivity index (χ2v) is 6.18. The van der Waals surface area contributed by atoms with Gasteiger partial charge in [-0.15, -0.1) is 11.3 Å². The lowest BCUT2D eigenvalue weighted by molar-refractivity contribution is 0.625. The van der Waals surface area contributed by atoms with Crippen molar-refractivity contribution < 1.29 is 4.39 Å². The monoisotopic (exact) mass is 330 g/mol. The molecule has 118 valence electrons. The highest BCUT2D eigenvalue weighted by molar-refractivity contribution is 7.19. The van der Waals surface area contributed by atoms with Crippen molar-refractivity contribution in [1.29, 1.82) is 0 Å². The smallest absolute Gasteiger partial charge is 0.298 e. The Morgan fingerprint density at radius 2 is 2.00 bits per heavy atom. The van der Waals surface area contributed by atoms with Gasteiger partial charge in [0, 0.05) is 17.0 Å². The molecular formula is C17H15FN2O2S. The molecule has 1 aromatic carbocycles. The van der Waals surface area contributed by atoms with Crippen molar-refractivity contribution in [3.8, 4) is 0 Å². The molecule has 2 heterocycles. The summed E-state index contributed by atoms with van der Waals surface area (Å²) >= 11 is 1.32. The minimum atomic E-state index is -0.407. The van der Waals surface area contributed by atoms with Gasteiger partial charge in [-0.2, -0.15) is 0 Å². The lowest BCUT2D eigenvalue weighted by Gasteiger charge is -2.00. The number of hydrogen-bond donors (Lipinski definition) is 1. The van der Waals surface area contributed by atoms with Crippen molar-refractivity contribution in [2.45, 2.75) is 20.4 Å². The van der Waals surface area contributed by atoms with E-state index in [2.05, 4.69) is 4.98 Å². The van der Waals surface area contributed by atoms with Crippen molar-refractivity contribution in [1.82, 2.24) is 9.55 Å². The summed E-state index contributed by atoms with van der Waals surface area (Å²) in [5.74, 6) is -0.302. The number of fused-ring (bicyclic) bond motifs is 1. The largest absolute Gasteiger partial charge is 0.329 e. The first kappa shape index (κ1) is 15.4.